The number of carbonyl (C=O) groups excluding carboxylic acids is 1. The first-order valence-corrected chi connectivity index (χ1v) is 5.17. The summed E-state index contributed by atoms with van der Waals surface area (Å²) in [5.41, 5.74) is 5.49. The molecule has 0 saturated heterocycles. The van der Waals surface area contributed by atoms with Gasteiger partial charge < -0.3 is 10.6 Å². The Balaban J connectivity index is 2.50. The minimum absolute atomic E-state index is 0.104. The van der Waals surface area contributed by atoms with Gasteiger partial charge in [-0.2, -0.15) is 0 Å². The van der Waals surface area contributed by atoms with Crippen LogP contribution in [0.2, 0.25) is 0 Å². The summed E-state index contributed by atoms with van der Waals surface area (Å²) in [6, 6.07) is 0.485. The lowest BCUT2D eigenvalue weighted by Gasteiger charge is -2.38. The van der Waals surface area contributed by atoms with Gasteiger partial charge in [-0.05, 0) is 19.3 Å². The molecule has 0 spiro atoms. The molecule has 13 heavy (non-hydrogen) atoms. The molecule has 0 aromatic carbocycles. The molecule has 0 aromatic rings. The lowest BCUT2D eigenvalue weighted by Crippen LogP contribution is -2.48. The second-order valence-electron chi connectivity index (χ2n) is 4.06. The average molecular weight is 184 g/mol. The standard InChI is InChI=1S/C10H20N2O/c1-8(2)10(13)12(7-6-11)9-4-3-5-9/h8-9H,3-7,11H2,1-2H3. The Hall–Kier alpha value is -0.570. The van der Waals surface area contributed by atoms with Gasteiger partial charge in [0.25, 0.3) is 0 Å². The molecule has 1 fully saturated rings. The molecule has 76 valence electrons. The molecule has 0 radical (unpaired) electrons. The van der Waals surface area contributed by atoms with Gasteiger partial charge in [-0.25, -0.2) is 0 Å². The molecule has 0 bridgehead atoms. The highest BCUT2D eigenvalue weighted by molar-refractivity contribution is 5.78. The highest BCUT2D eigenvalue weighted by Crippen LogP contribution is 2.25. The fraction of sp³-hybridized carbons (Fsp3) is 0.900. The summed E-state index contributed by atoms with van der Waals surface area (Å²) in [4.78, 5) is 13.7. The third kappa shape index (κ3) is 2.44. The maximum Gasteiger partial charge on any atom is 0.225 e. The topological polar surface area (TPSA) is 46.3 Å². The lowest BCUT2D eigenvalue weighted by molar-refractivity contribution is -0.138. The smallest absolute Gasteiger partial charge is 0.225 e. The Morgan fingerprint density at radius 2 is 2.15 bits per heavy atom. The van der Waals surface area contributed by atoms with Crippen LogP contribution in [0, 0.1) is 5.92 Å². The first-order chi connectivity index (χ1) is 6.16. The molecule has 2 N–H and O–H groups in total. The lowest BCUT2D eigenvalue weighted by atomic mass is 9.90. The van der Waals surface area contributed by atoms with Crippen LogP contribution in [-0.4, -0.2) is 29.9 Å². The van der Waals surface area contributed by atoms with Gasteiger partial charge in [0.15, 0.2) is 0 Å². The molecule has 0 aliphatic heterocycles. The Kier molecular flexibility index (Phi) is 3.72. The second kappa shape index (κ2) is 4.61. The van der Waals surface area contributed by atoms with Crippen molar-refractivity contribution in [3.05, 3.63) is 0 Å². The fourth-order valence-corrected chi connectivity index (χ4v) is 1.64. The maximum absolute atomic E-state index is 11.7. The Morgan fingerprint density at radius 1 is 1.54 bits per heavy atom. The van der Waals surface area contributed by atoms with Crippen LogP contribution in [0.3, 0.4) is 0 Å². The van der Waals surface area contributed by atoms with Crippen molar-refractivity contribution < 1.29 is 4.79 Å². The fourth-order valence-electron chi connectivity index (χ4n) is 1.64. The minimum atomic E-state index is 0.104. The van der Waals surface area contributed by atoms with Crippen LogP contribution >= 0.6 is 0 Å². The molecular weight excluding hydrogens is 164 g/mol. The van der Waals surface area contributed by atoms with Gasteiger partial charge in [0, 0.05) is 25.0 Å². The number of hydrogen-bond acceptors (Lipinski definition) is 2. The molecule has 3 heteroatoms. The molecule has 1 aliphatic carbocycles. The number of nitrogens with zero attached hydrogens (tertiary/aromatic N) is 1. The van der Waals surface area contributed by atoms with Crippen LogP contribution < -0.4 is 5.73 Å². The summed E-state index contributed by atoms with van der Waals surface area (Å²) in [5, 5.41) is 0. The van der Waals surface area contributed by atoms with Gasteiger partial charge in [-0.1, -0.05) is 13.8 Å². The van der Waals surface area contributed by atoms with Gasteiger partial charge >= 0.3 is 0 Å². The van der Waals surface area contributed by atoms with E-state index >= 15 is 0 Å². The summed E-state index contributed by atoms with van der Waals surface area (Å²) in [7, 11) is 0. The number of hydrogen-bond donors (Lipinski definition) is 1. The number of amides is 1. The summed E-state index contributed by atoms with van der Waals surface area (Å²) >= 11 is 0. The molecular formula is C10H20N2O. The van der Waals surface area contributed by atoms with Gasteiger partial charge in [0.05, 0.1) is 0 Å². The molecule has 1 saturated carbocycles. The molecule has 0 aromatic heterocycles. The van der Waals surface area contributed by atoms with Crippen LogP contribution in [0.25, 0.3) is 0 Å². The van der Waals surface area contributed by atoms with Crippen molar-refractivity contribution in [1.29, 1.82) is 0 Å². The first-order valence-electron chi connectivity index (χ1n) is 5.17. The quantitative estimate of drug-likeness (QED) is 0.708. The minimum Gasteiger partial charge on any atom is -0.338 e. The predicted octanol–water partition coefficient (Wildman–Crippen LogP) is 0.982. The largest absolute Gasteiger partial charge is 0.338 e. The zero-order valence-electron chi connectivity index (χ0n) is 8.62. The van der Waals surface area contributed by atoms with E-state index in [-0.39, 0.29) is 11.8 Å². The van der Waals surface area contributed by atoms with Gasteiger partial charge in [0.2, 0.25) is 5.91 Å². The number of carbonyl (C=O) groups is 1. The monoisotopic (exact) mass is 184 g/mol. The highest BCUT2D eigenvalue weighted by Gasteiger charge is 2.28. The van der Waals surface area contributed by atoms with Gasteiger partial charge in [0.1, 0.15) is 0 Å². The average Bonchev–Trinajstić information content (AvgIpc) is 1.99. The van der Waals surface area contributed by atoms with Crippen molar-refractivity contribution in [3.8, 4) is 0 Å². The first kappa shape index (κ1) is 10.5. The van der Waals surface area contributed by atoms with Crippen molar-refractivity contribution in [1.82, 2.24) is 4.90 Å². The van der Waals surface area contributed by atoms with E-state index in [0.717, 1.165) is 6.54 Å². The Morgan fingerprint density at radius 3 is 2.46 bits per heavy atom. The van der Waals surface area contributed by atoms with Crippen molar-refractivity contribution in [3.63, 3.8) is 0 Å². The second-order valence-corrected chi connectivity index (χ2v) is 4.06. The number of rotatable bonds is 4. The molecule has 1 aliphatic rings. The van der Waals surface area contributed by atoms with Crippen LogP contribution in [-0.2, 0) is 4.79 Å². The van der Waals surface area contributed by atoms with Crippen LogP contribution in [0.15, 0.2) is 0 Å². The van der Waals surface area contributed by atoms with E-state index in [2.05, 4.69) is 0 Å². The van der Waals surface area contributed by atoms with Crippen molar-refractivity contribution >= 4 is 5.91 Å². The molecule has 1 rings (SSSR count). The maximum atomic E-state index is 11.7. The summed E-state index contributed by atoms with van der Waals surface area (Å²) in [6.07, 6.45) is 3.59. The summed E-state index contributed by atoms with van der Waals surface area (Å²) in [5.74, 6) is 0.363. The van der Waals surface area contributed by atoms with Crippen molar-refractivity contribution in [2.24, 2.45) is 11.7 Å². The van der Waals surface area contributed by atoms with E-state index in [0.29, 0.717) is 12.6 Å². The van der Waals surface area contributed by atoms with Gasteiger partial charge in [-0.3, -0.25) is 4.79 Å². The number of nitrogens with two attached hydrogens (primary N) is 1. The van der Waals surface area contributed by atoms with Crippen LogP contribution in [0.1, 0.15) is 33.1 Å². The van der Waals surface area contributed by atoms with Crippen molar-refractivity contribution in [2.75, 3.05) is 13.1 Å². The molecule has 0 unspecified atom stereocenters. The molecule has 0 heterocycles. The predicted molar refractivity (Wildman–Crippen MR) is 53.2 cm³/mol. The normalized spacial score (nSPS) is 17.2. The molecule has 3 nitrogen and oxygen atoms in total. The van der Waals surface area contributed by atoms with Crippen LogP contribution in [0.5, 0.6) is 0 Å². The zero-order valence-corrected chi connectivity index (χ0v) is 8.62. The van der Waals surface area contributed by atoms with E-state index in [1.54, 1.807) is 0 Å². The van der Waals surface area contributed by atoms with E-state index in [9.17, 15) is 4.79 Å². The summed E-state index contributed by atoms with van der Waals surface area (Å²) < 4.78 is 0. The van der Waals surface area contributed by atoms with Crippen molar-refractivity contribution in [2.45, 2.75) is 39.2 Å². The van der Waals surface area contributed by atoms with E-state index < -0.39 is 0 Å². The molecule has 1 amide bonds. The highest BCUT2D eigenvalue weighted by atomic mass is 16.2. The third-order valence-electron chi connectivity index (χ3n) is 2.66. The summed E-state index contributed by atoms with van der Waals surface area (Å²) in [6.45, 7) is 5.20. The third-order valence-corrected chi connectivity index (χ3v) is 2.66. The zero-order chi connectivity index (χ0) is 9.84. The van der Waals surface area contributed by atoms with Crippen LogP contribution in [0.4, 0.5) is 0 Å². The van der Waals surface area contributed by atoms with E-state index in [1.165, 1.54) is 19.3 Å². The van der Waals surface area contributed by atoms with Gasteiger partial charge in [-0.15, -0.1) is 0 Å². The SMILES string of the molecule is CC(C)C(=O)N(CCN)C1CCC1. The van der Waals surface area contributed by atoms with E-state index in [4.69, 9.17) is 5.73 Å². The van der Waals surface area contributed by atoms with E-state index in [1.807, 2.05) is 18.7 Å². The Bertz CT molecular complexity index is 176. The molecule has 0 atom stereocenters. The Labute approximate surface area is 80.3 Å².